The molecular formula is C17H20N4S. The van der Waals surface area contributed by atoms with Crippen molar-refractivity contribution in [1.29, 1.82) is 0 Å². The highest BCUT2D eigenvalue weighted by Gasteiger charge is 2.30. The van der Waals surface area contributed by atoms with Crippen LogP contribution in [0.25, 0.3) is 11.0 Å². The summed E-state index contributed by atoms with van der Waals surface area (Å²) in [7, 11) is 0. The van der Waals surface area contributed by atoms with Gasteiger partial charge in [0.25, 0.3) is 0 Å². The SMILES string of the molecule is CCn1c([C@H]2CCCN2Cc2cscn2)nc2ccccc21. The molecule has 114 valence electrons. The maximum atomic E-state index is 4.95. The van der Waals surface area contributed by atoms with Crippen LogP contribution in [-0.2, 0) is 13.1 Å². The van der Waals surface area contributed by atoms with Crippen molar-refractivity contribution in [2.24, 2.45) is 0 Å². The predicted molar refractivity (Wildman–Crippen MR) is 89.9 cm³/mol. The lowest BCUT2D eigenvalue weighted by Gasteiger charge is -2.23. The second-order valence-electron chi connectivity index (χ2n) is 5.81. The Balaban J connectivity index is 1.70. The third-order valence-electron chi connectivity index (χ3n) is 4.51. The van der Waals surface area contributed by atoms with E-state index < -0.39 is 0 Å². The number of aromatic nitrogens is 3. The van der Waals surface area contributed by atoms with Crippen LogP contribution >= 0.6 is 11.3 Å². The number of para-hydroxylation sites is 2. The normalized spacial score (nSPS) is 19.2. The Morgan fingerprint density at radius 3 is 3.05 bits per heavy atom. The van der Waals surface area contributed by atoms with Gasteiger partial charge in [-0.15, -0.1) is 11.3 Å². The quantitative estimate of drug-likeness (QED) is 0.734. The van der Waals surface area contributed by atoms with Crippen LogP contribution in [0.2, 0.25) is 0 Å². The van der Waals surface area contributed by atoms with Gasteiger partial charge in [0.15, 0.2) is 0 Å². The monoisotopic (exact) mass is 312 g/mol. The Morgan fingerprint density at radius 2 is 2.23 bits per heavy atom. The lowest BCUT2D eigenvalue weighted by molar-refractivity contribution is 0.233. The van der Waals surface area contributed by atoms with E-state index in [0.29, 0.717) is 6.04 Å². The van der Waals surface area contributed by atoms with E-state index in [1.807, 2.05) is 5.51 Å². The molecule has 0 spiro atoms. The molecule has 1 aromatic carbocycles. The summed E-state index contributed by atoms with van der Waals surface area (Å²) in [4.78, 5) is 11.9. The summed E-state index contributed by atoms with van der Waals surface area (Å²) < 4.78 is 2.37. The molecule has 0 amide bonds. The molecule has 0 N–H and O–H groups in total. The maximum Gasteiger partial charge on any atom is 0.127 e. The molecule has 5 heteroatoms. The van der Waals surface area contributed by atoms with Gasteiger partial charge in [0.05, 0.1) is 28.3 Å². The van der Waals surface area contributed by atoms with Gasteiger partial charge in [0.2, 0.25) is 0 Å². The molecule has 22 heavy (non-hydrogen) atoms. The molecule has 3 heterocycles. The number of hydrogen-bond donors (Lipinski definition) is 0. The van der Waals surface area contributed by atoms with Crippen molar-refractivity contribution in [2.75, 3.05) is 6.54 Å². The molecule has 0 radical (unpaired) electrons. The van der Waals surface area contributed by atoms with Gasteiger partial charge in [-0.2, -0.15) is 0 Å². The Hall–Kier alpha value is -1.72. The Bertz CT molecular complexity index is 762. The molecule has 1 aliphatic rings. The van der Waals surface area contributed by atoms with Crippen LogP contribution in [0.4, 0.5) is 0 Å². The van der Waals surface area contributed by atoms with Gasteiger partial charge in [0, 0.05) is 18.5 Å². The van der Waals surface area contributed by atoms with Crippen molar-refractivity contribution >= 4 is 22.4 Å². The number of rotatable bonds is 4. The van der Waals surface area contributed by atoms with E-state index in [9.17, 15) is 0 Å². The van der Waals surface area contributed by atoms with Crippen LogP contribution in [0.1, 0.15) is 37.3 Å². The van der Waals surface area contributed by atoms with Gasteiger partial charge < -0.3 is 4.57 Å². The fraction of sp³-hybridized carbons (Fsp3) is 0.412. The third kappa shape index (κ3) is 2.34. The number of imidazole rings is 1. The smallest absolute Gasteiger partial charge is 0.127 e. The lowest BCUT2D eigenvalue weighted by Crippen LogP contribution is -2.25. The first kappa shape index (κ1) is 13.9. The maximum absolute atomic E-state index is 4.95. The van der Waals surface area contributed by atoms with Crippen LogP contribution in [0.15, 0.2) is 35.2 Å². The summed E-state index contributed by atoms with van der Waals surface area (Å²) in [6, 6.07) is 8.87. The predicted octanol–water partition coefficient (Wildman–Crippen LogP) is 3.85. The summed E-state index contributed by atoms with van der Waals surface area (Å²) in [5.74, 6) is 1.22. The molecule has 0 bridgehead atoms. The minimum absolute atomic E-state index is 0.411. The van der Waals surface area contributed by atoms with E-state index in [4.69, 9.17) is 4.98 Å². The van der Waals surface area contributed by atoms with Crippen molar-refractivity contribution in [1.82, 2.24) is 19.4 Å². The van der Waals surface area contributed by atoms with Crippen molar-refractivity contribution in [2.45, 2.75) is 38.9 Å². The molecule has 0 saturated carbocycles. The van der Waals surface area contributed by atoms with E-state index >= 15 is 0 Å². The van der Waals surface area contributed by atoms with Crippen LogP contribution in [0.5, 0.6) is 0 Å². The minimum atomic E-state index is 0.411. The number of aryl methyl sites for hydroxylation is 1. The molecule has 0 aliphatic carbocycles. The van der Waals surface area contributed by atoms with Gasteiger partial charge in [-0.25, -0.2) is 9.97 Å². The standard InChI is InChI=1S/C17H20N4S/c1-2-21-15-7-4-3-6-14(15)19-17(21)16-8-5-9-20(16)10-13-11-22-12-18-13/h3-4,6-7,11-12,16H,2,5,8-10H2,1H3/t16-/m1/s1. The highest BCUT2D eigenvalue weighted by atomic mass is 32.1. The molecule has 4 nitrogen and oxygen atoms in total. The molecule has 0 unspecified atom stereocenters. The largest absolute Gasteiger partial charge is 0.327 e. The van der Waals surface area contributed by atoms with Crippen LogP contribution in [-0.4, -0.2) is 26.0 Å². The molecule has 2 aromatic heterocycles. The Kier molecular flexibility index (Phi) is 3.68. The van der Waals surface area contributed by atoms with E-state index in [2.05, 4.69) is 51.0 Å². The molecule has 1 aliphatic heterocycles. The first-order valence-corrected chi connectivity index (χ1v) is 8.87. The van der Waals surface area contributed by atoms with Gasteiger partial charge in [-0.3, -0.25) is 4.90 Å². The number of thiazole rings is 1. The average molecular weight is 312 g/mol. The zero-order valence-electron chi connectivity index (χ0n) is 12.8. The zero-order valence-corrected chi connectivity index (χ0v) is 13.6. The van der Waals surface area contributed by atoms with E-state index in [0.717, 1.165) is 25.2 Å². The Labute approximate surface area is 134 Å². The summed E-state index contributed by atoms with van der Waals surface area (Å²) >= 11 is 1.67. The van der Waals surface area contributed by atoms with Gasteiger partial charge >= 0.3 is 0 Å². The van der Waals surface area contributed by atoms with Crippen LogP contribution < -0.4 is 0 Å². The van der Waals surface area contributed by atoms with E-state index in [1.54, 1.807) is 11.3 Å². The summed E-state index contributed by atoms with van der Waals surface area (Å²) in [6.45, 7) is 5.24. The average Bonchev–Trinajstić information content (AvgIpc) is 3.26. The fourth-order valence-electron chi connectivity index (χ4n) is 3.51. The van der Waals surface area contributed by atoms with Crippen molar-refractivity contribution in [3.8, 4) is 0 Å². The summed E-state index contributed by atoms with van der Waals surface area (Å²) in [6.07, 6.45) is 2.43. The van der Waals surface area contributed by atoms with Crippen LogP contribution in [0.3, 0.4) is 0 Å². The second kappa shape index (κ2) is 5.82. The van der Waals surface area contributed by atoms with Crippen molar-refractivity contribution in [3.63, 3.8) is 0 Å². The molecule has 4 rings (SSSR count). The fourth-order valence-corrected chi connectivity index (χ4v) is 4.06. The zero-order chi connectivity index (χ0) is 14.9. The van der Waals surface area contributed by atoms with E-state index in [-0.39, 0.29) is 0 Å². The highest BCUT2D eigenvalue weighted by Crippen LogP contribution is 2.34. The highest BCUT2D eigenvalue weighted by molar-refractivity contribution is 7.07. The van der Waals surface area contributed by atoms with Gasteiger partial charge in [-0.05, 0) is 38.4 Å². The number of hydrogen-bond acceptors (Lipinski definition) is 4. The second-order valence-corrected chi connectivity index (χ2v) is 6.53. The summed E-state index contributed by atoms with van der Waals surface area (Å²) in [5, 5.41) is 2.15. The third-order valence-corrected chi connectivity index (χ3v) is 5.15. The van der Waals surface area contributed by atoms with Crippen molar-refractivity contribution < 1.29 is 0 Å². The number of fused-ring (bicyclic) bond motifs is 1. The molecule has 1 saturated heterocycles. The number of nitrogens with zero attached hydrogens (tertiary/aromatic N) is 4. The first-order valence-electron chi connectivity index (χ1n) is 7.93. The Morgan fingerprint density at radius 1 is 1.32 bits per heavy atom. The van der Waals surface area contributed by atoms with Crippen LogP contribution in [0, 0.1) is 0 Å². The molecule has 1 fully saturated rings. The van der Waals surface area contributed by atoms with Gasteiger partial charge in [-0.1, -0.05) is 12.1 Å². The van der Waals surface area contributed by atoms with E-state index in [1.165, 1.54) is 29.9 Å². The number of benzene rings is 1. The summed E-state index contributed by atoms with van der Waals surface area (Å²) in [5.41, 5.74) is 5.46. The number of likely N-dealkylation sites (tertiary alicyclic amines) is 1. The molecule has 3 aromatic rings. The topological polar surface area (TPSA) is 34.0 Å². The molecular weight excluding hydrogens is 292 g/mol. The minimum Gasteiger partial charge on any atom is -0.327 e. The lowest BCUT2D eigenvalue weighted by atomic mass is 10.2. The van der Waals surface area contributed by atoms with Crippen molar-refractivity contribution in [3.05, 3.63) is 46.7 Å². The molecule has 1 atom stereocenters. The first-order chi connectivity index (χ1) is 10.9. The van der Waals surface area contributed by atoms with Gasteiger partial charge in [0.1, 0.15) is 5.82 Å².